The highest BCUT2D eigenvalue weighted by atomic mass is 35.5. The van der Waals surface area contributed by atoms with Gasteiger partial charge in [-0.3, -0.25) is 9.69 Å². The van der Waals surface area contributed by atoms with Crippen molar-refractivity contribution in [1.82, 2.24) is 9.80 Å². The Labute approximate surface area is 201 Å². The molecule has 7 nitrogen and oxygen atoms in total. The van der Waals surface area contributed by atoms with Gasteiger partial charge in [0.1, 0.15) is 5.60 Å². The molecule has 0 aliphatic carbocycles. The van der Waals surface area contributed by atoms with Crippen molar-refractivity contribution >= 4 is 23.6 Å². The summed E-state index contributed by atoms with van der Waals surface area (Å²) in [6, 6.07) is 3.59. The molecule has 8 heteroatoms. The van der Waals surface area contributed by atoms with Gasteiger partial charge in [-0.2, -0.15) is 0 Å². The molecule has 2 amide bonds. The van der Waals surface area contributed by atoms with Crippen LogP contribution in [-0.2, 0) is 32.0 Å². The van der Waals surface area contributed by atoms with E-state index in [4.69, 9.17) is 25.8 Å². The van der Waals surface area contributed by atoms with Crippen molar-refractivity contribution in [1.29, 1.82) is 0 Å². The lowest BCUT2D eigenvalue weighted by Crippen LogP contribution is -2.48. The quantitative estimate of drug-likeness (QED) is 0.632. The SMILES string of the molecule is CC(C)(C)OC(=O)N1CCOC[C@H]1c1cc(Cl)cc2c1CN(C(=O)C1(C)CCOCC1)CC2. The average Bonchev–Trinajstić information content (AvgIpc) is 2.77. The lowest BCUT2D eigenvalue weighted by molar-refractivity contribution is -0.147. The van der Waals surface area contributed by atoms with Gasteiger partial charge < -0.3 is 19.1 Å². The molecule has 1 aromatic rings. The molecule has 1 atom stereocenters. The third kappa shape index (κ3) is 5.31. The Hall–Kier alpha value is -1.83. The summed E-state index contributed by atoms with van der Waals surface area (Å²) in [5.74, 6) is 0.182. The molecule has 3 aliphatic rings. The van der Waals surface area contributed by atoms with Crippen LogP contribution in [0.2, 0.25) is 5.02 Å². The number of halogens is 1. The summed E-state index contributed by atoms with van der Waals surface area (Å²) in [6.07, 6.45) is 1.86. The van der Waals surface area contributed by atoms with Crippen LogP contribution in [0.3, 0.4) is 0 Å². The average molecular weight is 479 g/mol. The van der Waals surface area contributed by atoms with Crippen LogP contribution in [0, 0.1) is 5.41 Å². The fraction of sp³-hybridized carbons (Fsp3) is 0.680. The zero-order chi connectivity index (χ0) is 23.8. The Bertz CT molecular complexity index is 907. The van der Waals surface area contributed by atoms with Crippen LogP contribution in [0.1, 0.15) is 63.3 Å². The number of hydrogen-bond acceptors (Lipinski definition) is 5. The third-order valence-corrected chi connectivity index (χ3v) is 7.08. The van der Waals surface area contributed by atoms with E-state index in [9.17, 15) is 9.59 Å². The highest BCUT2D eigenvalue weighted by Crippen LogP contribution is 2.38. The number of benzene rings is 1. The summed E-state index contributed by atoms with van der Waals surface area (Å²) in [4.78, 5) is 30.2. The van der Waals surface area contributed by atoms with E-state index in [1.165, 1.54) is 0 Å². The number of carbonyl (C=O) groups excluding carboxylic acids is 2. The molecule has 3 aliphatic heterocycles. The summed E-state index contributed by atoms with van der Waals surface area (Å²) >= 11 is 6.51. The van der Waals surface area contributed by atoms with Crippen LogP contribution in [0.5, 0.6) is 0 Å². The number of nitrogens with zero attached hydrogens (tertiary/aromatic N) is 2. The van der Waals surface area contributed by atoms with Gasteiger partial charge in [-0.15, -0.1) is 0 Å². The normalized spacial score (nSPS) is 23.1. The zero-order valence-corrected chi connectivity index (χ0v) is 20.9. The maximum Gasteiger partial charge on any atom is 0.410 e. The van der Waals surface area contributed by atoms with Crippen molar-refractivity contribution in [3.8, 4) is 0 Å². The van der Waals surface area contributed by atoms with Crippen LogP contribution in [-0.4, -0.2) is 66.9 Å². The van der Waals surface area contributed by atoms with Crippen LogP contribution in [0.4, 0.5) is 4.79 Å². The molecule has 2 saturated heterocycles. The number of ether oxygens (including phenoxy) is 3. The van der Waals surface area contributed by atoms with Gasteiger partial charge in [0, 0.05) is 37.9 Å². The van der Waals surface area contributed by atoms with Crippen molar-refractivity contribution in [2.24, 2.45) is 5.41 Å². The van der Waals surface area contributed by atoms with Crippen LogP contribution in [0.25, 0.3) is 0 Å². The van der Waals surface area contributed by atoms with E-state index < -0.39 is 11.0 Å². The van der Waals surface area contributed by atoms with Crippen LogP contribution >= 0.6 is 11.6 Å². The van der Waals surface area contributed by atoms with Crippen molar-refractivity contribution < 1.29 is 23.8 Å². The van der Waals surface area contributed by atoms with E-state index in [-0.39, 0.29) is 18.0 Å². The fourth-order valence-corrected chi connectivity index (χ4v) is 5.20. The van der Waals surface area contributed by atoms with Gasteiger partial charge in [-0.05, 0) is 68.9 Å². The standard InChI is InChI=1S/C25H35ClN2O5/c1-24(2,3)33-23(30)28-9-12-32-16-21(28)19-14-18(26)13-17-5-8-27(15-20(17)19)22(29)25(4)6-10-31-11-7-25/h13-14,21H,5-12,15-16H2,1-4H3/t21-/m0/s1. The number of rotatable bonds is 2. The second-order valence-electron chi connectivity index (χ2n) is 10.5. The molecule has 2 fully saturated rings. The van der Waals surface area contributed by atoms with Crippen LogP contribution < -0.4 is 0 Å². The van der Waals surface area contributed by atoms with Gasteiger partial charge in [0.15, 0.2) is 0 Å². The maximum atomic E-state index is 13.5. The highest BCUT2D eigenvalue weighted by Gasteiger charge is 2.40. The molecule has 0 saturated carbocycles. The molecular weight excluding hydrogens is 444 g/mol. The second-order valence-corrected chi connectivity index (χ2v) is 11.0. The Balaban J connectivity index is 1.63. The van der Waals surface area contributed by atoms with Crippen molar-refractivity contribution in [2.45, 2.75) is 65.1 Å². The number of fused-ring (bicyclic) bond motifs is 1. The maximum absolute atomic E-state index is 13.5. The summed E-state index contributed by atoms with van der Waals surface area (Å²) < 4.78 is 16.9. The van der Waals surface area contributed by atoms with Crippen LogP contribution in [0.15, 0.2) is 12.1 Å². The van der Waals surface area contributed by atoms with Crippen molar-refractivity contribution in [3.63, 3.8) is 0 Å². The van der Waals surface area contributed by atoms with Gasteiger partial charge in [0.25, 0.3) is 0 Å². The molecule has 0 aromatic heterocycles. The van der Waals surface area contributed by atoms with Gasteiger partial charge in [0.2, 0.25) is 5.91 Å². The molecule has 1 aromatic carbocycles. The van der Waals surface area contributed by atoms with E-state index in [2.05, 4.69) is 6.92 Å². The topological polar surface area (TPSA) is 68.3 Å². The predicted molar refractivity (Wildman–Crippen MR) is 125 cm³/mol. The minimum absolute atomic E-state index is 0.182. The lowest BCUT2D eigenvalue weighted by Gasteiger charge is -2.41. The Morgan fingerprint density at radius 3 is 2.55 bits per heavy atom. The summed E-state index contributed by atoms with van der Waals surface area (Å²) in [6.45, 7) is 11.3. The first-order chi connectivity index (χ1) is 15.6. The molecule has 0 N–H and O–H groups in total. The molecule has 182 valence electrons. The van der Waals surface area contributed by atoms with E-state index in [0.717, 1.165) is 36.0 Å². The van der Waals surface area contributed by atoms with Gasteiger partial charge in [-0.25, -0.2) is 4.79 Å². The second kappa shape index (κ2) is 9.43. The van der Waals surface area contributed by atoms with E-state index in [0.29, 0.717) is 51.1 Å². The van der Waals surface area contributed by atoms with Gasteiger partial charge >= 0.3 is 6.09 Å². The molecule has 4 rings (SSSR count). The Kier molecular flexibility index (Phi) is 6.95. The Morgan fingerprint density at radius 1 is 1.12 bits per heavy atom. The molecule has 3 heterocycles. The first kappa shape index (κ1) is 24.3. The minimum Gasteiger partial charge on any atom is -0.444 e. The number of amides is 2. The smallest absolute Gasteiger partial charge is 0.410 e. The first-order valence-corrected chi connectivity index (χ1v) is 12.2. The molecule has 0 bridgehead atoms. The third-order valence-electron chi connectivity index (χ3n) is 6.86. The molecule has 0 unspecified atom stereocenters. The molecule has 0 spiro atoms. The molecular formula is C25H35ClN2O5. The summed E-state index contributed by atoms with van der Waals surface area (Å²) in [5.41, 5.74) is 2.17. The minimum atomic E-state index is -0.587. The monoisotopic (exact) mass is 478 g/mol. The number of hydrogen-bond donors (Lipinski definition) is 0. The van der Waals surface area contributed by atoms with Crippen molar-refractivity contribution in [2.75, 3.05) is 39.5 Å². The van der Waals surface area contributed by atoms with Gasteiger partial charge in [0.05, 0.1) is 24.7 Å². The van der Waals surface area contributed by atoms with Crippen molar-refractivity contribution in [3.05, 3.63) is 33.8 Å². The Morgan fingerprint density at radius 2 is 1.85 bits per heavy atom. The first-order valence-electron chi connectivity index (χ1n) is 11.8. The highest BCUT2D eigenvalue weighted by molar-refractivity contribution is 6.30. The summed E-state index contributed by atoms with van der Waals surface area (Å²) in [7, 11) is 0. The van der Waals surface area contributed by atoms with E-state index in [1.807, 2.05) is 37.8 Å². The molecule has 33 heavy (non-hydrogen) atoms. The number of carbonyl (C=O) groups is 2. The predicted octanol–water partition coefficient (Wildman–Crippen LogP) is 4.35. The zero-order valence-electron chi connectivity index (χ0n) is 20.1. The molecule has 0 radical (unpaired) electrons. The number of morpholine rings is 1. The summed E-state index contributed by atoms with van der Waals surface area (Å²) in [5, 5.41) is 0.634. The largest absolute Gasteiger partial charge is 0.444 e. The van der Waals surface area contributed by atoms with Gasteiger partial charge in [-0.1, -0.05) is 18.5 Å². The lowest BCUT2D eigenvalue weighted by atomic mass is 9.80. The van der Waals surface area contributed by atoms with E-state index >= 15 is 0 Å². The fourth-order valence-electron chi connectivity index (χ4n) is 4.95. The van der Waals surface area contributed by atoms with E-state index in [1.54, 1.807) is 4.90 Å².